The van der Waals surface area contributed by atoms with E-state index < -0.39 is 0 Å². The van der Waals surface area contributed by atoms with Gasteiger partial charge in [-0.3, -0.25) is 4.79 Å². The summed E-state index contributed by atoms with van der Waals surface area (Å²) in [5, 5.41) is 2.87. The van der Waals surface area contributed by atoms with E-state index in [0.717, 1.165) is 11.1 Å². The summed E-state index contributed by atoms with van der Waals surface area (Å²) in [6, 6.07) is 18.8. The summed E-state index contributed by atoms with van der Waals surface area (Å²) >= 11 is 0. The fourth-order valence-electron chi connectivity index (χ4n) is 2.80. The molecular formula is C23H22FNO4. The topological polar surface area (TPSA) is 56.8 Å². The maximum Gasteiger partial charge on any atom is 0.259 e. The number of hydrogen-bond donors (Lipinski definition) is 1. The highest BCUT2D eigenvalue weighted by atomic mass is 19.1. The molecule has 0 aliphatic rings. The molecule has 3 aromatic rings. The van der Waals surface area contributed by atoms with Crippen molar-refractivity contribution in [1.82, 2.24) is 5.32 Å². The van der Waals surface area contributed by atoms with E-state index in [4.69, 9.17) is 14.2 Å². The van der Waals surface area contributed by atoms with Gasteiger partial charge in [-0.05, 0) is 47.5 Å². The molecule has 0 unspecified atom stereocenters. The summed E-state index contributed by atoms with van der Waals surface area (Å²) in [4.78, 5) is 12.6. The van der Waals surface area contributed by atoms with Gasteiger partial charge >= 0.3 is 0 Å². The molecule has 5 nitrogen and oxygen atoms in total. The maximum atomic E-state index is 12.9. The van der Waals surface area contributed by atoms with Gasteiger partial charge in [0, 0.05) is 6.54 Å². The lowest BCUT2D eigenvalue weighted by Gasteiger charge is -2.13. The first-order valence-electron chi connectivity index (χ1n) is 9.06. The molecule has 0 spiro atoms. The maximum absolute atomic E-state index is 12.9. The van der Waals surface area contributed by atoms with Crippen molar-refractivity contribution in [2.24, 2.45) is 0 Å². The minimum atomic E-state index is -0.282. The Labute approximate surface area is 169 Å². The van der Waals surface area contributed by atoms with Crippen LogP contribution >= 0.6 is 0 Å². The summed E-state index contributed by atoms with van der Waals surface area (Å²) in [6.07, 6.45) is 0. The first-order chi connectivity index (χ1) is 14.1. The van der Waals surface area contributed by atoms with Crippen molar-refractivity contribution in [1.29, 1.82) is 0 Å². The average molecular weight is 395 g/mol. The molecule has 1 amide bonds. The summed E-state index contributed by atoms with van der Waals surface area (Å²) in [5.74, 6) is 1.04. The van der Waals surface area contributed by atoms with Gasteiger partial charge in [-0.15, -0.1) is 0 Å². The molecule has 0 aliphatic heterocycles. The van der Waals surface area contributed by atoms with Gasteiger partial charge in [0.05, 0.1) is 14.2 Å². The number of nitrogens with one attached hydrogen (secondary N) is 1. The molecule has 0 bridgehead atoms. The highest BCUT2D eigenvalue weighted by Gasteiger charge is 2.17. The summed E-state index contributed by atoms with van der Waals surface area (Å²) in [5.41, 5.74) is 2.16. The highest BCUT2D eigenvalue weighted by molar-refractivity contribution is 5.99. The van der Waals surface area contributed by atoms with Gasteiger partial charge in [-0.25, -0.2) is 4.39 Å². The molecule has 0 heterocycles. The van der Waals surface area contributed by atoms with Crippen LogP contribution < -0.4 is 19.5 Å². The molecule has 0 saturated carbocycles. The molecule has 3 aromatic carbocycles. The number of methoxy groups -OCH3 is 2. The summed E-state index contributed by atoms with van der Waals surface area (Å²) < 4.78 is 29.2. The Morgan fingerprint density at radius 3 is 2.03 bits per heavy atom. The van der Waals surface area contributed by atoms with E-state index in [0.29, 0.717) is 36.0 Å². The van der Waals surface area contributed by atoms with Crippen molar-refractivity contribution in [3.05, 3.63) is 89.2 Å². The standard InChI is InChI=1S/C23H22FNO4/c1-27-20-4-3-5-21(28-2)22(20)23(26)25-14-16-8-12-19(13-9-16)29-15-17-6-10-18(24)11-7-17/h3-13H,14-15H2,1-2H3,(H,25,26). The monoisotopic (exact) mass is 395 g/mol. The molecule has 1 N–H and O–H groups in total. The first kappa shape index (κ1) is 20.2. The number of carbonyl (C=O) groups is 1. The second-order valence-electron chi connectivity index (χ2n) is 6.28. The number of rotatable bonds is 8. The Balaban J connectivity index is 1.57. The Bertz CT molecular complexity index is 933. The fraction of sp³-hybridized carbons (Fsp3) is 0.174. The Morgan fingerprint density at radius 1 is 0.862 bits per heavy atom. The van der Waals surface area contributed by atoms with Crippen LogP contribution in [-0.4, -0.2) is 20.1 Å². The van der Waals surface area contributed by atoms with Gasteiger partial charge in [0.1, 0.15) is 35.2 Å². The largest absolute Gasteiger partial charge is 0.496 e. The van der Waals surface area contributed by atoms with Gasteiger partial charge < -0.3 is 19.5 Å². The van der Waals surface area contributed by atoms with Gasteiger partial charge in [0.2, 0.25) is 0 Å². The van der Waals surface area contributed by atoms with Crippen molar-refractivity contribution in [3.63, 3.8) is 0 Å². The van der Waals surface area contributed by atoms with Crippen LogP contribution in [0.15, 0.2) is 66.7 Å². The zero-order chi connectivity index (χ0) is 20.6. The molecule has 0 saturated heterocycles. The van der Waals surface area contributed by atoms with Crippen LogP contribution in [0.25, 0.3) is 0 Å². The van der Waals surface area contributed by atoms with Crippen LogP contribution in [0.4, 0.5) is 4.39 Å². The van der Waals surface area contributed by atoms with Crippen molar-refractivity contribution < 1.29 is 23.4 Å². The van der Waals surface area contributed by atoms with E-state index in [2.05, 4.69) is 5.32 Å². The lowest BCUT2D eigenvalue weighted by Crippen LogP contribution is -2.24. The average Bonchev–Trinajstić information content (AvgIpc) is 2.77. The highest BCUT2D eigenvalue weighted by Crippen LogP contribution is 2.28. The normalized spacial score (nSPS) is 10.3. The van der Waals surface area contributed by atoms with E-state index in [1.165, 1.54) is 26.4 Å². The zero-order valence-corrected chi connectivity index (χ0v) is 16.3. The van der Waals surface area contributed by atoms with Crippen LogP contribution in [0.1, 0.15) is 21.5 Å². The minimum absolute atomic E-state index is 0.272. The van der Waals surface area contributed by atoms with Crippen LogP contribution in [0, 0.1) is 5.82 Å². The molecule has 0 aliphatic carbocycles. The molecule has 0 atom stereocenters. The SMILES string of the molecule is COc1cccc(OC)c1C(=O)NCc1ccc(OCc2ccc(F)cc2)cc1. The van der Waals surface area contributed by atoms with Crippen molar-refractivity contribution in [3.8, 4) is 17.2 Å². The van der Waals surface area contributed by atoms with E-state index in [1.807, 2.05) is 24.3 Å². The second kappa shape index (κ2) is 9.59. The van der Waals surface area contributed by atoms with Crippen LogP contribution in [-0.2, 0) is 13.2 Å². The Hall–Kier alpha value is -3.54. The van der Waals surface area contributed by atoms with Gasteiger partial charge in [0.15, 0.2) is 0 Å². The Kier molecular flexibility index (Phi) is 6.68. The van der Waals surface area contributed by atoms with Crippen LogP contribution in [0.2, 0.25) is 0 Å². The van der Waals surface area contributed by atoms with E-state index in [9.17, 15) is 9.18 Å². The molecule has 0 aromatic heterocycles. The molecule has 6 heteroatoms. The third-order valence-corrected chi connectivity index (χ3v) is 4.35. The fourth-order valence-corrected chi connectivity index (χ4v) is 2.80. The van der Waals surface area contributed by atoms with Crippen molar-refractivity contribution in [2.45, 2.75) is 13.2 Å². The number of amides is 1. The van der Waals surface area contributed by atoms with Gasteiger partial charge in [-0.1, -0.05) is 30.3 Å². The first-order valence-corrected chi connectivity index (χ1v) is 9.06. The summed E-state index contributed by atoms with van der Waals surface area (Å²) in [7, 11) is 3.02. The third-order valence-electron chi connectivity index (χ3n) is 4.35. The lowest BCUT2D eigenvalue weighted by atomic mass is 10.1. The smallest absolute Gasteiger partial charge is 0.259 e. The molecule has 29 heavy (non-hydrogen) atoms. The predicted octanol–water partition coefficient (Wildman–Crippen LogP) is 4.35. The van der Waals surface area contributed by atoms with Gasteiger partial charge in [0.25, 0.3) is 5.91 Å². The number of hydrogen-bond acceptors (Lipinski definition) is 4. The molecule has 0 radical (unpaired) electrons. The second-order valence-corrected chi connectivity index (χ2v) is 6.28. The number of halogens is 1. The lowest BCUT2D eigenvalue weighted by molar-refractivity contribution is 0.0944. The number of carbonyl (C=O) groups excluding carboxylic acids is 1. The molecule has 0 fully saturated rings. The predicted molar refractivity (Wildman–Crippen MR) is 108 cm³/mol. The van der Waals surface area contributed by atoms with E-state index >= 15 is 0 Å². The quantitative estimate of drug-likeness (QED) is 0.616. The van der Waals surface area contributed by atoms with E-state index in [-0.39, 0.29) is 11.7 Å². The Morgan fingerprint density at radius 2 is 1.45 bits per heavy atom. The molecule has 3 rings (SSSR count). The van der Waals surface area contributed by atoms with Crippen LogP contribution in [0.3, 0.4) is 0 Å². The molecular weight excluding hydrogens is 373 g/mol. The molecule has 150 valence electrons. The third kappa shape index (κ3) is 5.25. The zero-order valence-electron chi connectivity index (χ0n) is 16.3. The van der Waals surface area contributed by atoms with Gasteiger partial charge in [-0.2, -0.15) is 0 Å². The van der Waals surface area contributed by atoms with Crippen molar-refractivity contribution in [2.75, 3.05) is 14.2 Å². The minimum Gasteiger partial charge on any atom is -0.496 e. The number of ether oxygens (including phenoxy) is 3. The van der Waals surface area contributed by atoms with Crippen LogP contribution in [0.5, 0.6) is 17.2 Å². The van der Waals surface area contributed by atoms with Crippen molar-refractivity contribution >= 4 is 5.91 Å². The summed E-state index contributed by atoms with van der Waals surface area (Å²) in [6.45, 7) is 0.697. The number of benzene rings is 3. The van der Waals surface area contributed by atoms with E-state index in [1.54, 1.807) is 30.3 Å².